The minimum atomic E-state index is -4.02. The molecule has 9 heteroatoms. The van der Waals surface area contributed by atoms with Crippen molar-refractivity contribution in [1.82, 2.24) is 9.79 Å². The van der Waals surface area contributed by atoms with Crippen LogP contribution in [0.5, 0.6) is 0 Å². The number of sulfonamides is 1. The van der Waals surface area contributed by atoms with E-state index in [0.29, 0.717) is 18.7 Å². The summed E-state index contributed by atoms with van der Waals surface area (Å²) in [6.45, 7) is 1.28. The first-order valence-corrected chi connectivity index (χ1v) is 8.07. The number of rotatable bonds is 7. The van der Waals surface area contributed by atoms with E-state index in [9.17, 15) is 8.42 Å². The van der Waals surface area contributed by atoms with Gasteiger partial charge in [-0.1, -0.05) is 22.6 Å². The molecule has 0 bridgehead atoms. The number of hydrogen-bond donors (Lipinski definition) is 2. The van der Waals surface area contributed by atoms with Crippen molar-refractivity contribution in [2.75, 3.05) is 27.3 Å². The third-order valence-corrected chi connectivity index (χ3v) is 4.84. The Morgan fingerprint density at radius 2 is 2.24 bits per heavy atom. The maximum Gasteiger partial charge on any atom is 0.263 e. The van der Waals surface area contributed by atoms with E-state index in [1.54, 1.807) is 13.2 Å². The summed E-state index contributed by atoms with van der Waals surface area (Å²) in [6.07, 6.45) is -0.351. The highest BCUT2D eigenvalue weighted by molar-refractivity contribution is 7.89. The molecule has 0 aromatic heterocycles. The Labute approximate surface area is 128 Å². The zero-order valence-electron chi connectivity index (χ0n) is 11.6. The van der Waals surface area contributed by atoms with Crippen LogP contribution in [0.3, 0.4) is 0 Å². The summed E-state index contributed by atoms with van der Waals surface area (Å²) in [4.78, 5) is 3.06. The van der Waals surface area contributed by atoms with Crippen LogP contribution in [-0.4, -0.2) is 52.1 Å². The summed E-state index contributed by atoms with van der Waals surface area (Å²) < 4.78 is 33.9. The van der Waals surface area contributed by atoms with Crippen molar-refractivity contribution >= 4 is 21.6 Å². The highest BCUT2D eigenvalue weighted by atomic mass is 35.5. The number of methoxy groups -OCH3 is 1. The number of benzene rings is 1. The zero-order chi connectivity index (χ0) is 15.6. The molecule has 0 radical (unpaired) electrons. The Morgan fingerprint density at radius 3 is 2.86 bits per heavy atom. The minimum absolute atomic E-state index is 0.0326. The number of halogens is 1. The SMILES string of the molecule is COCCN(C)C1OC1c1ccc(Cl)c(S(=O)(=O)NO)c1. The summed E-state index contributed by atoms with van der Waals surface area (Å²) in [6, 6.07) is 4.57. The first kappa shape index (κ1) is 16.6. The van der Waals surface area contributed by atoms with Crippen molar-refractivity contribution in [2.45, 2.75) is 17.2 Å². The van der Waals surface area contributed by atoms with E-state index < -0.39 is 10.0 Å². The van der Waals surface area contributed by atoms with E-state index in [-0.39, 0.29) is 22.2 Å². The Bertz CT molecular complexity index is 610. The number of hydrogen-bond acceptors (Lipinski definition) is 6. The summed E-state index contributed by atoms with van der Waals surface area (Å²) in [7, 11) is -0.507. The molecule has 1 saturated heterocycles. The van der Waals surface area contributed by atoms with Gasteiger partial charge in [0.15, 0.2) is 0 Å². The van der Waals surface area contributed by atoms with E-state index in [1.165, 1.54) is 17.0 Å². The summed E-state index contributed by atoms with van der Waals surface area (Å²) >= 11 is 5.85. The van der Waals surface area contributed by atoms with Crippen molar-refractivity contribution in [3.05, 3.63) is 28.8 Å². The molecule has 1 aromatic rings. The molecule has 2 rings (SSSR count). The molecule has 21 heavy (non-hydrogen) atoms. The predicted molar refractivity (Wildman–Crippen MR) is 75.7 cm³/mol. The molecule has 0 spiro atoms. The number of ether oxygens (including phenoxy) is 2. The third kappa shape index (κ3) is 3.72. The van der Waals surface area contributed by atoms with Crippen LogP contribution in [0.15, 0.2) is 23.1 Å². The molecule has 0 aliphatic carbocycles. The summed E-state index contributed by atoms with van der Waals surface area (Å²) in [5, 5.41) is 8.74. The van der Waals surface area contributed by atoms with Crippen LogP contribution in [0.2, 0.25) is 5.02 Å². The Morgan fingerprint density at radius 1 is 1.52 bits per heavy atom. The molecule has 1 heterocycles. The van der Waals surface area contributed by atoms with Gasteiger partial charge in [-0.3, -0.25) is 4.90 Å². The van der Waals surface area contributed by atoms with E-state index in [0.717, 1.165) is 0 Å². The van der Waals surface area contributed by atoms with Gasteiger partial charge in [0, 0.05) is 13.7 Å². The Hall–Kier alpha value is -0.740. The van der Waals surface area contributed by atoms with Crippen LogP contribution in [0.1, 0.15) is 11.7 Å². The van der Waals surface area contributed by atoms with Gasteiger partial charge in [0.25, 0.3) is 10.0 Å². The molecular weight excluding hydrogens is 320 g/mol. The first-order chi connectivity index (χ1) is 9.90. The lowest BCUT2D eigenvalue weighted by molar-refractivity contribution is 0.133. The van der Waals surface area contributed by atoms with Crippen LogP contribution in [0.4, 0.5) is 0 Å². The quantitative estimate of drug-likeness (QED) is 0.570. The van der Waals surface area contributed by atoms with Gasteiger partial charge in [-0.25, -0.2) is 8.42 Å². The van der Waals surface area contributed by atoms with Gasteiger partial charge in [-0.05, 0) is 24.7 Å². The van der Waals surface area contributed by atoms with E-state index >= 15 is 0 Å². The van der Waals surface area contributed by atoms with Gasteiger partial charge >= 0.3 is 0 Å². The van der Waals surface area contributed by atoms with E-state index in [2.05, 4.69) is 0 Å². The van der Waals surface area contributed by atoms with Gasteiger partial charge < -0.3 is 14.7 Å². The average molecular weight is 337 g/mol. The number of nitrogens with one attached hydrogen (secondary N) is 1. The summed E-state index contributed by atoms with van der Waals surface area (Å²) in [5.41, 5.74) is 0.683. The third-order valence-electron chi connectivity index (χ3n) is 3.24. The van der Waals surface area contributed by atoms with Crippen molar-refractivity contribution < 1.29 is 23.1 Å². The highest BCUT2D eigenvalue weighted by Gasteiger charge is 2.43. The first-order valence-electron chi connectivity index (χ1n) is 6.20. The molecule has 1 fully saturated rings. The molecule has 2 atom stereocenters. The van der Waals surface area contributed by atoms with Gasteiger partial charge in [0.2, 0.25) is 0 Å². The van der Waals surface area contributed by atoms with Crippen molar-refractivity contribution in [3.8, 4) is 0 Å². The van der Waals surface area contributed by atoms with E-state index in [4.69, 9.17) is 26.3 Å². The lowest BCUT2D eigenvalue weighted by Crippen LogP contribution is -2.26. The van der Waals surface area contributed by atoms with Crippen molar-refractivity contribution in [2.24, 2.45) is 0 Å². The molecule has 2 unspecified atom stereocenters. The fourth-order valence-corrected chi connectivity index (χ4v) is 3.13. The molecule has 0 amide bonds. The predicted octanol–water partition coefficient (Wildman–Crippen LogP) is 0.983. The molecule has 7 nitrogen and oxygen atoms in total. The lowest BCUT2D eigenvalue weighted by atomic mass is 10.1. The van der Waals surface area contributed by atoms with Gasteiger partial charge in [0.1, 0.15) is 17.2 Å². The minimum Gasteiger partial charge on any atom is -0.383 e. The Kier molecular flexibility index (Phi) is 5.20. The highest BCUT2D eigenvalue weighted by Crippen LogP contribution is 2.41. The molecule has 1 aromatic carbocycles. The standard InChI is InChI=1S/C12H17ClN2O5S/c1-15(5-6-19-2)12-11(20-12)8-3-4-9(13)10(7-8)21(17,18)14-16/h3-4,7,11-12,14,16H,5-6H2,1-2H3. The fourth-order valence-electron chi connectivity index (χ4n) is 2.00. The molecule has 1 aliphatic heterocycles. The maximum atomic E-state index is 11.7. The fraction of sp³-hybridized carbons (Fsp3) is 0.500. The molecular formula is C12H17ClN2O5S. The van der Waals surface area contributed by atoms with Crippen molar-refractivity contribution in [1.29, 1.82) is 0 Å². The summed E-state index contributed by atoms with van der Waals surface area (Å²) in [5.74, 6) is 0. The molecule has 0 saturated carbocycles. The zero-order valence-corrected chi connectivity index (χ0v) is 13.2. The number of epoxide rings is 1. The van der Waals surface area contributed by atoms with Crippen LogP contribution >= 0.6 is 11.6 Å². The smallest absolute Gasteiger partial charge is 0.263 e. The average Bonchev–Trinajstić information content (AvgIpc) is 3.25. The van der Waals surface area contributed by atoms with Gasteiger partial charge in [-0.2, -0.15) is 0 Å². The second-order valence-electron chi connectivity index (χ2n) is 4.71. The van der Waals surface area contributed by atoms with Crippen LogP contribution in [0, 0.1) is 0 Å². The Balaban J connectivity index is 2.15. The van der Waals surface area contributed by atoms with Crippen LogP contribution < -0.4 is 4.89 Å². The van der Waals surface area contributed by atoms with Crippen LogP contribution in [0.25, 0.3) is 0 Å². The normalized spacial score (nSPS) is 21.8. The lowest BCUT2D eigenvalue weighted by Gasteiger charge is -2.13. The number of likely N-dealkylation sites (N-methyl/N-ethyl adjacent to an activating group) is 1. The second-order valence-corrected chi connectivity index (χ2v) is 6.74. The van der Waals surface area contributed by atoms with Crippen LogP contribution in [-0.2, 0) is 19.5 Å². The molecule has 2 N–H and O–H groups in total. The topological polar surface area (TPSA) is 91.4 Å². The number of nitrogens with zero attached hydrogens (tertiary/aromatic N) is 1. The van der Waals surface area contributed by atoms with Gasteiger partial charge in [0.05, 0.1) is 11.6 Å². The second kappa shape index (κ2) is 6.57. The largest absolute Gasteiger partial charge is 0.383 e. The maximum absolute atomic E-state index is 11.7. The van der Waals surface area contributed by atoms with Gasteiger partial charge in [-0.15, -0.1) is 0 Å². The molecule has 1 aliphatic rings. The van der Waals surface area contributed by atoms with E-state index in [1.807, 2.05) is 11.9 Å². The molecule has 118 valence electrons. The van der Waals surface area contributed by atoms with Crippen molar-refractivity contribution in [3.63, 3.8) is 0 Å². The monoisotopic (exact) mass is 336 g/mol.